The molecule has 1 aromatic rings. The summed E-state index contributed by atoms with van der Waals surface area (Å²) in [5, 5.41) is 12.2. The number of rotatable bonds is 3. The zero-order valence-corrected chi connectivity index (χ0v) is 8.48. The molecule has 1 fully saturated rings. The van der Waals surface area contributed by atoms with Gasteiger partial charge in [0, 0.05) is 13.0 Å². The molecular weight excluding hydrogens is 194 g/mol. The molecule has 15 heavy (non-hydrogen) atoms. The third kappa shape index (κ3) is 2.39. The molecule has 4 nitrogen and oxygen atoms in total. The van der Waals surface area contributed by atoms with Crippen LogP contribution in [-0.4, -0.2) is 24.2 Å². The Labute approximate surface area is 88.3 Å². The summed E-state index contributed by atoms with van der Waals surface area (Å²) in [6, 6.07) is 3.74. The third-order valence-corrected chi connectivity index (χ3v) is 2.99. The first-order chi connectivity index (χ1) is 7.27. The molecule has 2 rings (SSSR count). The van der Waals surface area contributed by atoms with Gasteiger partial charge in [-0.2, -0.15) is 0 Å². The summed E-state index contributed by atoms with van der Waals surface area (Å²) >= 11 is 0. The molecule has 2 unspecified atom stereocenters. The Kier molecular flexibility index (Phi) is 3.06. The summed E-state index contributed by atoms with van der Waals surface area (Å²) in [6.07, 6.45) is 3.26. The van der Waals surface area contributed by atoms with Gasteiger partial charge in [-0.05, 0) is 31.0 Å². The second-order valence-corrected chi connectivity index (χ2v) is 3.98. The second-order valence-electron chi connectivity index (χ2n) is 3.98. The number of carboxylic acid groups (broad SMARTS) is 1. The first-order valence-corrected chi connectivity index (χ1v) is 5.23. The van der Waals surface area contributed by atoms with E-state index < -0.39 is 5.97 Å². The van der Waals surface area contributed by atoms with Crippen molar-refractivity contribution in [2.45, 2.75) is 12.8 Å². The maximum Gasteiger partial charge on any atom is 0.308 e. The molecule has 0 amide bonds. The molecule has 2 N–H and O–H groups in total. The van der Waals surface area contributed by atoms with Gasteiger partial charge >= 0.3 is 5.97 Å². The molecule has 1 aliphatic rings. The van der Waals surface area contributed by atoms with Gasteiger partial charge in [-0.1, -0.05) is 0 Å². The lowest BCUT2D eigenvalue weighted by molar-refractivity contribution is -0.144. The van der Waals surface area contributed by atoms with E-state index in [0.29, 0.717) is 6.54 Å². The zero-order valence-electron chi connectivity index (χ0n) is 8.48. The molecule has 82 valence electrons. The molecule has 1 aliphatic heterocycles. The van der Waals surface area contributed by atoms with Gasteiger partial charge in [0.2, 0.25) is 0 Å². The highest BCUT2D eigenvalue weighted by Crippen LogP contribution is 2.24. The van der Waals surface area contributed by atoms with Crippen LogP contribution in [0.5, 0.6) is 0 Å². The van der Waals surface area contributed by atoms with Gasteiger partial charge in [0.1, 0.15) is 5.76 Å². The Morgan fingerprint density at radius 2 is 2.53 bits per heavy atom. The summed E-state index contributed by atoms with van der Waals surface area (Å²) in [4.78, 5) is 11.0. The lowest BCUT2D eigenvalue weighted by atomic mass is 9.83. The first-order valence-electron chi connectivity index (χ1n) is 5.23. The lowest BCUT2D eigenvalue weighted by Crippen LogP contribution is -2.41. The third-order valence-electron chi connectivity index (χ3n) is 2.99. The van der Waals surface area contributed by atoms with E-state index in [4.69, 9.17) is 9.52 Å². The van der Waals surface area contributed by atoms with E-state index in [-0.39, 0.29) is 11.8 Å². The molecule has 0 bridgehead atoms. The average molecular weight is 209 g/mol. The molecule has 0 spiro atoms. The maximum atomic E-state index is 11.0. The van der Waals surface area contributed by atoms with Crippen molar-refractivity contribution < 1.29 is 14.3 Å². The number of carboxylic acids is 1. The predicted molar refractivity (Wildman–Crippen MR) is 54.5 cm³/mol. The van der Waals surface area contributed by atoms with Gasteiger partial charge < -0.3 is 14.8 Å². The Morgan fingerprint density at radius 1 is 1.67 bits per heavy atom. The summed E-state index contributed by atoms with van der Waals surface area (Å²) in [5.74, 6) is 0.0747. The van der Waals surface area contributed by atoms with Crippen LogP contribution < -0.4 is 5.32 Å². The minimum Gasteiger partial charge on any atom is -0.481 e. The molecule has 0 radical (unpaired) electrons. The number of aliphatic carboxylic acids is 1. The minimum absolute atomic E-state index is 0.190. The standard InChI is InChI=1S/C11H15NO3/c13-11(14)10-7-12-4-3-8(10)6-9-2-1-5-15-9/h1-2,5,8,10,12H,3-4,6-7H2,(H,13,14). The summed E-state index contributed by atoms with van der Waals surface area (Å²) in [7, 11) is 0. The minimum atomic E-state index is -0.709. The van der Waals surface area contributed by atoms with Crippen LogP contribution in [0.25, 0.3) is 0 Å². The van der Waals surface area contributed by atoms with Gasteiger partial charge in [0.05, 0.1) is 12.2 Å². The normalized spacial score (nSPS) is 26.4. The molecule has 1 aromatic heterocycles. The lowest BCUT2D eigenvalue weighted by Gasteiger charge is -2.28. The fourth-order valence-corrected chi connectivity index (χ4v) is 2.13. The highest BCUT2D eigenvalue weighted by Gasteiger charge is 2.31. The quantitative estimate of drug-likeness (QED) is 0.783. The van der Waals surface area contributed by atoms with Crippen molar-refractivity contribution in [1.29, 1.82) is 0 Å². The topological polar surface area (TPSA) is 62.5 Å². The van der Waals surface area contributed by atoms with E-state index in [0.717, 1.165) is 25.1 Å². The molecule has 0 aliphatic carbocycles. The van der Waals surface area contributed by atoms with Crippen molar-refractivity contribution in [3.8, 4) is 0 Å². The highest BCUT2D eigenvalue weighted by atomic mass is 16.4. The molecule has 0 saturated carbocycles. The number of piperidine rings is 1. The molecule has 2 heterocycles. The van der Waals surface area contributed by atoms with Crippen molar-refractivity contribution in [2.24, 2.45) is 11.8 Å². The van der Waals surface area contributed by atoms with Crippen LogP contribution in [0.2, 0.25) is 0 Å². The van der Waals surface area contributed by atoms with Crippen LogP contribution in [0.1, 0.15) is 12.2 Å². The number of hydrogen-bond donors (Lipinski definition) is 2. The van der Waals surface area contributed by atoms with Crippen molar-refractivity contribution >= 4 is 5.97 Å². The van der Waals surface area contributed by atoms with Crippen molar-refractivity contribution in [3.05, 3.63) is 24.2 Å². The number of nitrogens with one attached hydrogen (secondary N) is 1. The largest absolute Gasteiger partial charge is 0.481 e. The van der Waals surface area contributed by atoms with Crippen molar-refractivity contribution in [2.75, 3.05) is 13.1 Å². The van der Waals surface area contributed by atoms with Crippen LogP contribution in [0, 0.1) is 11.8 Å². The Balaban J connectivity index is 2.02. The van der Waals surface area contributed by atoms with Crippen LogP contribution in [0.15, 0.2) is 22.8 Å². The van der Waals surface area contributed by atoms with E-state index in [9.17, 15) is 4.79 Å². The number of carbonyl (C=O) groups is 1. The Morgan fingerprint density at radius 3 is 3.20 bits per heavy atom. The van der Waals surface area contributed by atoms with Crippen LogP contribution in [0.4, 0.5) is 0 Å². The molecule has 1 saturated heterocycles. The molecule has 4 heteroatoms. The van der Waals surface area contributed by atoms with E-state index in [2.05, 4.69) is 5.32 Å². The fraction of sp³-hybridized carbons (Fsp3) is 0.545. The molecule has 2 atom stereocenters. The fourth-order valence-electron chi connectivity index (χ4n) is 2.13. The summed E-state index contributed by atoms with van der Waals surface area (Å²) in [6.45, 7) is 1.47. The van der Waals surface area contributed by atoms with Gasteiger partial charge in [0.15, 0.2) is 0 Å². The van der Waals surface area contributed by atoms with Crippen LogP contribution in [-0.2, 0) is 11.2 Å². The maximum absolute atomic E-state index is 11.0. The van der Waals surface area contributed by atoms with E-state index in [1.807, 2.05) is 12.1 Å². The smallest absolute Gasteiger partial charge is 0.308 e. The van der Waals surface area contributed by atoms with Crippen molar-refractivity contribution in [3.63, 3.8) is 0 Å². The monoisotopic (exact) mass is 209 g/mol. The van der Waals surface area contributed by atoms with Gasteiger partial charge in [-0.3, -0.25) is 4.79 Å². The second kappa shape index (κ2) is 4.49. The number of furan rings is 1. The van der Waals surface area contributed by atoms with E-state index in [1.54, 1.807) is 6.26 Å². The van der Waals surface area contributed by atoms with Gasteiger partial charge in [-0.15, -0.1) is 0 Å². The van der Waals surface area contributed by atoms with E-state index >= 15 is 0 Å². The first kappa shape index (κ1) is 10.2. The van der Waals surface area contributed by atoms with Crippen LogP contribution >= 0.6 is 0 Å². The van der Waals surface area contributed by atoms with Crippen molar-refractivity contribution in [1.82, 2.24) is 5.32 Å². The van der Waals surface area contributed by atoms with Gasteiger partial charge in [0.25, 0.3) is 0 Å². The highest BCUT2D eigenvalue weighted by molar-refractivity contribution is 5.70. The molecular formula is C11H15NO3. The Hall–Kier alpha value is -1.29. The van der Waals surface area contributed by atoms with Gasteiger partial charge in [-0.25, -0.2) is 0 Å². The molecule has 0 aromatic carbocycles. The summed E-state index contributed by atoms with van der Waals surface area (Å²) < 4.78 is 5.25. The average Bonchev–Trinajstić information content (AvgIpc) is 2.71. The predicted octanol–water partition coefficient (Wildman–Crippen LogP) is 1.13. The zero-order chi connectivity index (χ0) is 10.7. The van der Waals surface area contributed by atoms with E-state index in [1.165, 1.54) is 0 Å². The Bertz CT molecular complexity index is 321. The van der Waals surface area contributed by atoms with Crippen LogP contribution in [0.3, 0.4) is 0 Å². The summed E-state index contributed by atoms with van der Waals surface area (Å²) in [5.41, 5.74) is 0. The number of hydrogen-bond acceptors (Lipinski definition) is 3. The SMILES string of the molecule is O=C(O)C1CNCCC1Cc1ccco1.